The van der Waals surface area contributed by atoms with Crippen molar-refractivity contribution >= 4 is 17.4 Å². The predicted octanol–water partition coefficient (Wildman–Crippen LogP) is 6.37. The third kappa shape index (κ3) is 9.68. The zero-order valence-corrected chi connectivity index (χ0v) is 14.1. The Hall–Kier alpha value is -0.820. The molecule has 1 aromatic rings. The monoisotopic (exact) mass is 308 g/mol. The highest BCUT2D eigenvalue weighted by Gasteiger charge is 2.03. The summed E-state index contributed by atoms with van der Waals surface area (Å²) in [6.45, 7) is 2.25. The Kier molecular flexibility index (Phi) is 10.2. The van der Waals surface area contributed by atoms with Crippen LogP contribution in [0.15, 0.2) is 24.3 Å². The Morgan fingerprint density at radius 1 is 0.857 bits per heavy atom. The second-order valence-corrected chi connectivity index (χ2v) is 6.36. The Balaban J connectivity index is 1.97. The smallest absolute Gasteiger partial charge is 0.137 e. The number of carbonyl (C=O) groups excluding carboxylic acids is 1. The van der Waals surface area contributed by atoms with Gasteiger partial charge in [0.25, 0.3) is 0 Å². The van der Waals surface area contributed by atoms with Crippen LogP contribution < -0.4 is 0 Å². The standard InChI is InChI=1S/C19H29ClO/c1-2-3-4-5-6-7-8-9-10-11-19(21)16-17-12-14-18(20)15-13-17/h12-15H,2-11,16H2,1H3. The maximum absolute atomic E-state index is 11.9. The predicted molar refractivity (Wildman–Crippen MR) is 92.0 cm³/mol. The van der Waals surface area contributed by atoms with Gasteiger partial charge in [-0.3, -0.25) is 4.79 Å². The first-order valence-electron chi connectivity index (χ1n) is 8.48. The van der Waals surface area contributed by atoms with Gasteiger partial charge in [-0.25, -0.2) is 0 Å². The Morgan fingerprint density at radius 3 is 1.95 bits per heavy atom. The van der Waals surface area contributed by atoms with Crippen molar-refractivity contribution in [2.24, 2.45) is 0 Å². The van der Waals surface area contributed by atoms with Gasteiger partial charge in [0.2, 0.25) is 0 Å². The van der Waals surface area contributed by atoms with E-state index in [1.807, 2.05) is 24.3 Å². The molecule has 0 heterocycles. The molecular weight excluding hydrogens is 280 g/mol. The molecule has 0 N–H and O–H groups in total. The molecule has 0 aliphatic carbocycles. The Labute approximate surface area is 135 Å². The normalized spacial score (nSPS) is 10.8. The summed E-state index contributed by atoms with van der Waals surface area (Å²) in [5, 5.41) is 0.727. The molecule has 118 valence electrons. The summed E-state index contributed by atoms with van der Waals surface area (Å²) in [5.41, 5.74) is 1.07. The van der Waals surface area contributed by atoms with Crippen LogP contribution >= 0.6 is 11.6 Å². The van der Waals surface area contributed by atoms with E-state index in [0.717, 1.165) is 23.4 Å². The van der Waals surface area contributed by atoms with Crippen molar-refractivity contribution in [2.75, 3.05) is 0 Å². The van der Waals surface area contributed by atoms with Crippen LogP contribution in [0.2, 0.25) is 5.02 Å². The van der Waals surface area contributed by atoms with E-state index < -0.39 is 0 Å². The van der Waals surface area contributed by atoms with E-state index in [9.17, 15) is 4.79 Å². The van der Waals surface area contributed by atoms with Crippen molar-refractivity contribution in [2.45, 2.75) is 77.6 Å². The lowest BCUT2D eigenvalue weighted by Crippen LogP contribution is -2.02. The number of benzene rings is 1. The summed E-state index contributed by atoms with van der Waals surface area (Å²) < 4.78 is 0. The maximum atomic E-state index is 11.9. The average Bonchev–Trinajstić information content (AvgIpc) is 2.48. The number of halogens is 1. The molecule has 0 saturated heterocycles. The molecule has 0 amide bonds. The fraction of sp³-hybridized carbons (Fsp3) is 0.632. The Bertz CT molecular complexity index is 383. The molecule has 1 rings (SSSR count). The number of hydrogen-bond donors (Lipinski definition) is 0. The average molecular weight is 309 g/mol. The van der Waals surface area contributed by atoms with E-state index in [2.05, 4.69) is 6.92 Å². The highest BCUT2D eigenvalue weighted by Crippen LogP contribution is 2.13. The summed E-state index contributed by atoms with van der Waals surface area (Å²) in [6, 6.07) is 7.58. The topological polar surface area (TPSA) is 17.1 Å². The van der Waals surface area contributed by atoms with Gasteiger partial charge in [0.05, 0.1) is 0 Å². The Morgan fingerprint density at radius 2 is 1.38 bits per heavy atom. The minimum absolute atomic E-state index is 0.347. The molecule has 2 heteroatoms. The first kappa shape index (κ1) is 18.2. The minimum atomic E-state index is 0.347. The number of Topliss-reactive ketones (excluding diaryl/α,β-unsaturated/α-hetero) is 1. The summed E-state index contributed by atoms with van der Waals surface area (Å²) in [6.07, 6.45) is 12.9. The molecule has 0 aliphatic rings. The molecule has 0 spiro atoms. The third-order valence-corrected chi connectivity index (χ3v) is 4.13. The fourth-order valence-electron chi connectivity index (χ4n) is 2.55. The lowest BCUT2D eigenvalue weighted by atomic mass is 10.0. The van der Waals surface area contributed by atoms with E-state index in [4.69, 9.17) is 11.6 Å². The van der Waals surface area contributed by atoms with E-state index in [1.165, 1.54) is 51.4 Å². The summed E-state index contributed by atoms with van der Waals surface area (Å²) in [5.74, 6) is 0.347. The van der Waals surface area contributed by atoms with Crippen LogP contribution in [0.5, 0.6) is 0 Å². The van der Waals surface area contributed by atoms with Crippen LogP contribution in [0.1, 0.15) is 76.7 Å². The molecule has 0 radical (unpaired) electrons. The zero-order chi connectivity index (χ0) is 15.3. The highest BCUT2D eigenvalue weighted by molar-refractivity contribution is 6.30. The van der Waals surface area contributed by atoms with Gasteiger partial charge in [-0.15, -0.1) is 0 Å². The van der Waals surface area contributed by atoms with Crippen LogP contribution in [0, 0.1) is 0 Å². The molecule has 0 aromatic heterocycles. The van der Waals surface area contributed by atoms with Crippen molar-refractivity contribution < 1.29 is 4.79 Å². The molecule has 0 saturated carbocycles. The number of unbranched alkanes of at least 4 members (excludes halogenated alkanes) is 8. The summed E-state index contributed by atoms with van der Waals surface area (Å²) >= 11 is 5.84. The molecule has 1 nitrogen and oxygen atoms in total. The van der Waals surface area contributed by atoms with Crippen LogP contribution in [-0.4, -0.2) is 5.78 Å². The van der Waals surface area contributed by atoms with Crippen LogP contribution in [0.3, 0.4) is 0 Å². The first-order valence-corrected chi connectivity index (χ1v) is 8.86. The lowest BCUT2D eigenvalue weighted by Gasteiger charge is -2.03. The highest BCUT2D eigenvalue weighted by atomic mass is 35.5. The maximum Gasteiger partial charge on any atom is 0.137 e. The van der Waals surface area contributed by atoms with Crippen molar-refractivity contribution in [3.8, 4) is 0 Å². The molecule has 0 fully saturated rings. The second-order valence-electron chi connectivity index (χ2n) is 5.92. The summed E-state index contributed by atoms with van der Waals surface area (Å²) in [4.78, 5) is 11.9. The van der Waals surface area contributed by atoms with Crippen molar-refractivity contribution in [1.82, 2.24) is 0 Å². The van der Waals surface area contributed by atoms with Crippen molar-refractivity contribution in [3.63, 3.8) is 0 Å². The summed E-state index contributed by atoms with van der Waals surface area (Å²) in [7, 11) is 0. The van der Waals surface area contributed by atoms with Gasteiger partial charge in [0.1, 0.15) is 5.78 Å². The second kappa shape index (κ2) is 11.8. The van der Waals surface area contributed by atoms with Gasteiger partial charge >= 0.3 is 0 Å². The number of ketones is 1. The van der Waals surface area contributed by atoms with E-state index in [0.29, 0.717) is 12.2 Å². The quantitative estimate of drug-likeness (QED) is 0.410. The molecule has 0 aliphatic heterocycles. The van der Waals surface area contributed by atoms with Crippen LogP contribution in [0.4, 0.5) is 0 Å². The minimum Gasteiger partial charge on any atom is -0.299 e. The van der Waals surface area contributed by atoms with Crippen LogP contribution in [0.25, 0.3) is 0 Å². The van der Waals surface area contributed by atoms with Crippen molar-refractivity contribution in [1.29, 1.82) is 0 Å². The van der Waals surface area contributed by atoms with Gasteiger partial charge < -0.3 is 0 Å². The molecule has 0 unspecified atom stereocenters. The van der Waals surface area contributed by atoms with Gasteiger partial charge in [-0.05, 0) is 24.1 Å². The van der Waals surface area contributed by atoms with Gasteiger partial charge in [0.15, 0.2) is 0 Å². The molecular formula is C19H29ClO. The molecule has 0 bridgehead atoms. The number of hydrogen-bond acceptors (Lipinski definition) is 1. The van der Waals surface area contributed by atoms with E-state index in [-0.39, 0.29) is 0 Å². The molecule has 21 heavy (non-hydrogen) atoms. The van der Waals surface area contributed by atoms with Gasteiger partial charge in [-0.1, -0.05) is 82.0 Å². The first-order chi connectivity index (χ1) is 10.2. The third-order valence-electron chi connectivity index (χ3n) is 3.87. The van der Waals surface area contributed by atoms with Crippen molar-refractivity contribution in [3.05, 3.63) is 34.9 Å². The fourth-order valence-corrected chi connectivity index (χ4v) is 2.68. The van der Waals surface area contributed by atoms with E-state index in [1.54, 1.807) is 0 Å². The molecule has 0 atom stereocenters. The SMILES string of the molecule is CCCCCCCCCCCC(=O)Cc1ccc(Cl)cc1. The largest absolute Gasteiger partial charge is 0.299 e. The lowest BCUT2D eigenvalue weighted by molar-refractivity contribution is -0.118. The number of carbonyl (C=O) groups is 1. The van der Waals surface area contributed by atoms with E-state index >= 15 is 0 Å². The van der Waals surface area contributed by atoms with Gasteiger partial charge in [0, 0.05) is 17.9 Å². The zero-order valence-electron chi connectivity index (χ0n) is 13.4. The molecule has 1 aromatic carbocycles. The van der Waals surface area contributed by atoms with Gasteiger partial charge in [-0.2, -0.15) is 0 Å². The van der Waals surface area contributed by atoms with Crippen LogP contribution in [-0.2, 0) is 11.2 Å². The number of rotatable bonds is 12.